The van der Waals surface area contributed by atoms with Gasteiger partial charge in [0.1, 0.15) is 24.0 Å². The molecule has 0 bridgehead atoms. The SMILES string of the molecule is N#C/C(=C\C1=Cc2ccccc2OC1)C(N)=O. The fraction of sp³-hybridized carbons (Fsp3) is 0.0769. The first-order chi connectivity index (χ1) is 8.20. The normalized spacial score (nSPS) is 14.1. The van der Waals surface area contributed by atoms with Gasteiger partial charge in [-0.1, -0.05) is 18.2 Å². The third kappa shape index (κ3) is 2.34. The van der Waals surface area contributed by atoms with E-state index in [1.54, 1.807) is 6.07 Å². The number of rotatable bonds is 2. The van der Waals surface area contributed by atoms with Crippen LogP contribution in [-0.2, 0) is 4.79 Å². The van der Waals surface area contributed by atoms with E-state index in [0.717, 1.165) is 16.9 Å². The van der Waals surface area contributed by atoms with Gasteiger partial charge in [-0.15, -0.1) is 0 Å². The Morgan fingerprint density at radius 3 is 2.94 bits per heavy atom. The molecule has 0 saturated carbocycles. The van der Waals surface area contributed by atoms with E-state index in [-0.39, 0.29) is 5.57 Å². The molecular formula is C13H10N2O2. The van der Waals surface area contributed by atoms with Crippen LogP contribution in [0.3, 0.4) is 0 Å². The van der Waals surface area contributed by atoms with Gasteiger partial charge in [0.15, 0.2) is 0 Å². The number of hydrogen-bond acceptors (Lipinski definition) is 3. The highest BCUT2D eigenvalue weighted by Gasteiger charge is 2.11. The van der Waals surface area contributed by atoms with E-state index >= 15 is 0 Å². The Hall–Kier alpha value is -2.54. The zero-order valence-corrected chi connectivity index (χ0v) is 9.01. The average Bonchev–Trinajstić information content (AvgIpc) is 2.35. The Labute approximate surface area is 98.6 Å². The van der Waals surface area contributed by atoms with Crippen LogP contribution in [0.4, 0.5) is 0 Å². The van der Waals surface area contributed by atoms with E-state index in [1.807, 2.05) is 30.3 Å². The number of nitrogens with zero attached hydrogens (tertiary/aromatic N) is 1. The molecule has 84 valence electrons. The molecule has 2 N–H and O–H groups in total. The second-order valence-corrected chi connectivity index (χ2v) is 3.58. The number of amides is 1. The van der Waals surface area contributed by atoms with Crippen molar-refractivity contribution in [3.63, 3.8) is 0 Å². The van der Waals surface area contributed by atoms with Gasteiger partial charge < -0.3 is 10.5 Å². The number of carbonyl (C=O) groups excluding carboxylic acids is 1. The molecule has 0 saturated heterocycles. The third-order valence-electron chi connectivity index (χ3n) is 2.37. The second-order valence-electron chi connectivity index (χ2n) is 3.58. The van der Waals surface area contributed by atoms with Crippen molar-refractivity contribution < 1.29 is 9.53 Å². The van der Waals surface area contributed by atoms with Crippen LogP contribution in [0.25, 0.3) is 6.08 Å². The van der Waals surface area contributed by atoms with Gasteiger partial charge in [-0.2, -0.15) is 5.26 Å². The molecule has 1 aromatic rings. The summed E-state index contributed by atoms with van der Waals surface area (Å²) in [4.78, 5) is 10.9. The highest BCUT2D eigenvalue weighted by atomic mass is 16.5. The molecule has 1 aromatic carbocycles. The van der Waals surface area contributed by atoms with Crippen molar-refractivity contribution in [2.75, 3.05) is 6.61 Å². The molecular weight excluding hydrogens is 216 g/mol. The van der Waals surface area contributed by atoms with E-state index < -0.39 is 5.91 Å². The summed E-state index contributed by atoms with van der Waals surface area (Å²) in [6.45, 7) is 0.329. The molecule has 1 heterocycles. The summed E-state index contributed by atoms with van der Waals surface area (Å²) < 4.78 is 5.49. The van der Waals surface area contributed by atoms with Crippen molar-refractivity contribution >= 4 is 12.0 Å². The number of primary amides is 1. The molecule has 17 heavy (non-hydrogen) atoms. The van der Waals surface area contributed by atoms with Gasteiger partial charge in [0.2, 0.25) is 0 Å². The number of nitrogens with two attached hydrogens (primary N) is 1. The highest BCUT2D eigenvalue weighted by molar-refractivity contribution is 5.96. The van der Waals surface area contributed by atoms with Gasteiger partial charge in [-0.3, -0.25) is 4.79 Å². The van der Waals surface area contributed by atoms with Gasteiger partial charge in [0.25, 0.3) is 5.91 Å². The summed E-state index contributed by atoms with van der Waals surface area (Å²) in [5.41, 5.74) is 6.66. The van der Waals surface area contributed by atoms with E-state index in [9.17, 15) is 4.79 Å². The maximum absolute atomic E-state index is 10.9. The Kier molecular flexibility index (Phi) is 2.93. The summed E-state index contributed by atoms with van der Waals surface area (Å²) in [7, 11) is 0. The zero-order valence-electron chi connectivity index (χ0n) is 9.01. The fourth-order valence-corrected chi connectivity index (χ4v) is 1.56. The summed E-state index contributed by atoms with van der Waals surface area (Å²) in [6.07, 6.45) is 3.33. The molecule has 0 atom stereocenters. The Morgan fingerprint density at radius 2 is 2.24 bits per heavy atom. The van der Waals surface area contributed by atoms with Crippen LogP contribution in [0, 0.1) is 11.3 Å². The number of para-hydroxylation sites is 1. The predicted molar refractivity (Wildman–Crippen MR) is 62.8 cm³/mol. The van der Waals surface area contributed by atoms with Crippen molar-refractivity contribution in [1.82, 2.24) is 0 Å². The lowest BCUT2D eigenvalue weighted by atomic mass is 10.1. The van der Waals surface area contributed by atoms with Crippen LogP contribution in [-0.4, -0.2) is 12.5 Å². The Bertz CT molecular complexity index is 565. The number of hydrogen-bond donors (Lipinski definition) is 1. The summed E-state index contributed by atoms with van der Waals surface area (Å²) in [5.74, 6) is 0.0643. The average molecular weight is 226 g/mol. The van der Waals surface area contributed by atoms with Crippen LogP contribution in [0.5, 0.6) is 5.75 Å². The third-order valence-corrected chi connectivity index (χ3v) is 2.37. The van der Waals surface area contributed by atoms with Crippen LogP contribution in [0.15, 0.2) is 41.5 Å². The van der Waals surface area contributed by atoms with E-state index in [4.69, 9.17) is 15.7 Å². The summed E-state index contributed by atoms with van der Waals surface area (Å²) in [5, 5.41) is 8.74. The standard InChI is InChI=1S/C13H10N2O2/c14-7-11(13(15)16)6-9-5-10-3-1-2-4-12(10)17-8-9/h1-6H,8H2,(H2,15,16)/b11-6+. The lowest BCUT2D eigenvalue weighted by molar-refractivity contribution is -0.114. The van der Waals surface area contributed by atoms with Gasteiger partial charge in [-0.05, 0) is 23.8 Å². The van der Waals surface area contributed by atoms with Gasteiger partial charge in [0, 0.05) is 5.56 Å². The monoisotopic (exact) mass is 226 g/mol. The first kappa shape index (κ1) is 11.0. The smallest absolute Gasteiger partial charge is 0.259 e. The Balaban J connectivity index is 2.36. The molecule has 1 aliphatic heterocycles. The molecule has 0 fully saturated rings. The van der Waals surface area contributed by atoms with Crippen molar-refractivity contribution in [3.8, 4) is 11.8 Å². The quantitative estimate of drug-likeness (QED) is 0.611. The van der Waals surface area contributed by atoms with Crippen LogP contribution >= 0.6 is 0 Å². The second kappa shape index (κ2) is 4.54. The molecule has 0 spiro atoms. The lowest BCUT2D eigenvalue weighted by Crippen LogP contribution is -2.14. The zero-order chi connectivity index (χ0) is 12.3. The molecule has 0 aromatic heterocycles. The number of ether oxygens (including phenoxy) is 1. The maximum Gasteiger partial charge on any atom is 0.259 e. The lowest BCUT2D eigenvalue weighted by Gasteiger charge is -2.15. The minimum atomic E-state index is -0.729. The van der Waals surface area contributed by atoms with Crippen LogP contribution in [0.1, 0.15) is 5.56 Å². The van der Waals surface area contributed by atoms with E-state index in [2.05, 4.69) is 0 Å². The van der Waals surface area contributed by atoms with Crippen LogP contribution in [0.2, 0.25) is 0 Å². The largest absolute Gasteiger partial charge is 0.488 e. The van der Waals surface area contributed by atoms with Crippen LogP contribution < -0.4 is 10.5 Å². The summed E-state index contributed by atoms with van der Waals surface area (Å²) in [6, 6.07) is 9.31. The molecule has 4 nitrogen and oxygen atoms in total. The first-order valence-electron chi connectivity index (χ1n) is 5.04. The first-order valence-corrected chi connectivity index (χ1v) is 5.04. The summed E-state index contributed by atoms with van der Waals surface area (Å²) >= 11 is 0. The highest BCUT2D eigenvalue weighted by Crippen LogP contribution is 2.26. The van der Waals surface area contributed by atoms with Crippen molar-refractivity contribution in [1.29, 1.82) is 5.26 Å². The minimum Gasteiger partial charge on any atom is -0.488 e. The van der Waals surface area contributed by atoms with Crippen molar-refractivity contribution in [2.45, 2.75) is 0 Å². The van der Waals surface area contributed by atoms with Gasteiger partial charge in [0.05, 0.1) is 0 Å². The number of benzene rings is 1. The minimum absolute atomic E-state index is 0.0702. The molecule has 0 unspecified atom stereocenters. The molecule has 0 aliphatic carbocycles. The molecule has 1 aliphatic rings. The molecule has 4 heteroatoms. The maximum atomic E-state index is 10.9. The fourth-order valence-electron chi connectivity index (χ4n) is 1.56. The van der Waals surface area contributed by atoms with Crippen molar-refractivity contribution in [3.05, 3.63) is 47.1 Å². The van der Waals surface area contributed by atoms with Gasteiger partial charge in [-0.25, -0.2) is 0 Å². The predicted octanol–water partition coefficient (Wildman–Crippen LogP) is 1.40. The van der Waals surface area contributed by atoms with E-state index in [0.29, 0.717) is 6.61 Å². The topological polar surface area (TPSA) is 76.1 Å². The number of fused-ring (bicyclic) bond motifs is 1. The molecule has 0 radical (unpaired) electrons. The van der Waals surface area contributed by atoms with E-state index in [1.165, 1.54) is 6.08 Å². The number of carbonyl (C=O) groups is 1. The Morgan fingerprint density at radius 1 is 1.47 bits per heavy atom. The molecule has 1 amide bonds. The van der Waals surface area contributed by atoms with Gasteiger partial charge >= 0.3 is 0 Å². The molecule has 2 rings (SSSR count). The number of nitriles is 1. The van der Waals surface area contributed by atoms with Crippen molar-refractivity contribution in [2.24, 2.45) is 5.73 Å².